The molecule has 0 aromatic heterocycles. The molecule has 1 aromatic rings. The van der Waals surface area contributed by atoms with E-state index in [2.05, 4.69) is 0 Å². The summed E-state index contributed by atoms with van der Waals surface area (Å²) in [5.74, 6) is 0. The molecule has 0 saturated carbocycles. The van der Waals surface area contributed by atoms with Gasteiger partial charge >= 0.3 is 10.2 Å². The molecule has 1 N–H and O–H groups in total. The molecular formula is C13H19F5OS. The largest absolute Gasteiger partial charge is 0.393 e. The van der Waals surface area contributed by atoms with Crippen LogP contribution in [0.15, 0.2) is 29.2 Å². The van der Waals surface area contributed by atoms with Crippen molar-refractivity contribution in [1.29, 1.82) is 0 Å². The zero-order valence-corrected chi connectivity index (χ0v) is 12.4. The Morgan fingerprint density at radius 1 is 1.10 bits per heavy atom. The number of rotatable bonds is 5. The molecule has 2 atom stereocenters. The highest BCUT2D eigenvalue weighted by molar-refractivity contribution is 8.45. The van der Waals surface area contributed by atoms with Crippen LogP contribution in [0, 0.1) is 0 Å². The first kappa shape index (κ1) is 17.2. The second-order valence-electron chi connectivity index (χ2n) is 5.34. The molecule has 0 fully saturated rings. The van der Waals surface area contributed by atoms with Gasteiger partial charge in [0, 0.05) is 5.41 Å². The Morgan fingerprint density at radius 2 is 1.55 bits per heavy atom. The number of benzene rings is 1. The van der Waals surface area contributed by atoms with Gasteiger partial charge in [0.2, 0.25) is 0 Å². The minimum Gasteiger partial charge on any atom is -0.393 e. The van der Waals surface area contributed by atoms with Gasteiger partial charge in [0.1, 0.15) is 4.90 Å². The van der Waals surface area contributed by atoms with Gasteiger partial charge in [-0.15, -0.1) is 0 Å². The van der Waals surface area contributed by atoms with Crippen molar-refractivity contribution in [2.24, 2.45) is 0 Å². The van der Waals surface area contributed by atoms with Crippen molar-refractivity contribution >= 4 is 10.2 Å². The van der Waals surface area contributed by atoms with Crippen molar-refractivity contribution in [3.63, 3.8) is 0 Å². The van der Waals surface area contributed by atoms with Gasteiger partial charge in [-0.1, -0.05) is 51.8 Å². The maximum Gasteiger partial charge on any atom is 0.310 e. The topological polar surface area (TPSA) is 20.2 Å². The van der Waals surface area contributed by atoms with Gasteiger partial charge in [-0.05, 0) is 31.0 Å². The summed E-state index contributed by atoms with van der Waals surface area (Å²) in [6.45, 7) is 5.12. The molecule has 20 heavy (non-hydrogen) atoms. The number of hydrogen-bond donors (Lipinski definition) is 1. The Morgan fingerprint density at radius 3 is 1.85 bits per heavy atom. The normalized spacial score (nSPS) is 20.6. The molecule has 1 aromatic carbocycles. The van der Waals surface area contributed by atoms with E-state index in [9.17, 15) is 24.5 Å². The van der Waals surface area contributed by atoms with Gasteiger partial charge in [-0.25, -0.2) is 0 Å². The Labute approximate surface area is 115 Å². The number of aliphatic hydroxyl groups excluding tert-OH is 1. The van der Waals surface area contributed by atoms with E-state index in [-0.39, 0.29) is 0 Å². The lowest BCUT2D eigenvalue weighted by Crippen LogP contribution is -2.34. The molecular weight excluding hydrogens is 299 g/mol. The highest BCUT2D eigenvalue weighted by atomic mass is 32.5. The summed E-state index contributed by atoms with van der Waals surface area (Å²) in [5, 5.41) is 9.82. The zero-order chi connectivity index (χ0) is 15.9. The third-order valence-electron chi connectivity index (χ3n) is 3.65. The van der Waals surface area contributed by atoms with Crippen molar-refractivity contribution in [2.75, 3.05) is 0 Å². The summed E-state index contributed by atoms with van der Waals surface area (Å²) < 4.78 is 63.2. The number of hydrogen-bond acceptors (Lipinski definition) is 1. The maximum atomic E-state index is 12.6. The lowest BCUT2D eigenvalue weighted by atomic mass is 9.75. The summed E-state index contributed by atoms with van der Waals surface area (Å²) in [5.41, 5.74) is -0.342. The van der Waals surface area contributed by atoms with E-state index < -0.39 is 26.6 Å². The van der Waals surface area contributed by atoms with Gasteiger partial charge in [-0.3, -0.25) is 0 Å². The lowest BCUT2D eigenvalue weighted by Gasteiger charge is -2.41. The molecule has 0 heterocycles. The molecule has 0 saturated heterocycles. The van der Waals surface area contributed by atoms with E-state index in [0.29, 0.717) is 30.5 Å². The predicted molar refractivity (Wildman–Crippen MR) is 71.8 cm³/mol. The average molecular weight is 318 g/mol. The maximum absolute atomic E-state index is 12.6. The van der Waals surface area contributed by atoms with Crippen LogP contribution in [-0.4, -0.2) is 11.2 Å². The van der Waals surface area contributed by atoms with E-state index in [4.69, 9.17) is 0 Å². The van der Waals surface area contributed by atoms with Crippen LogP contribution >= 0.6 is 10.2 Å². The van der Waals surface area contributed by atoms with Gasteiger partial charge in [0.15, 0.2) is 0 Å². The van der Waals surface area contributed by atoms with Crippen LogP contribution in [0.25, 0.3) is 0 Å². The van der Waals surface area contributed by atoms with Crippen molar-refractivity contribution in [2.45, 2.75) is 50.0 Å². The Bertz CT molecular complexity index is 479. The summed E-state index contributed by atoms with van der Waals surface area (Å²) in [7, 11) is -9.63. The zero-order valence-electron chi connectivity index (χ0n) is 11.5. The van der Waals surface area contributed by atoms with Crippen LogP contribution in [-0.2, 0) is 5.41 Å². The van der Waals surface area contributed by atoms with Gasteiger partial charge < -0.3 is 5.11 Å². The van der Waals surface area contributed by atoms with E-state index in [1.54, 1.807) is 6.92 Å². The number of halogens is 5. The second-order valence-corrected chi connectivity index (χ2v) is 7.75. The third-order valence-corrected chi connectivity index (χ3v) is 4.81. The SMILES string of the molecule is CCCC(C)(c1ccc(S(F)(F)(F)(F)F)cc1)C(C)O. The van der Waals surface area contributed by atoms with Crippen LogP contribution in [0.5, 0.6) is 0 Å². The first-order valence-corrected chi connectivity index (χ1v) is 8.18. The Balaban J connectivity index is 3.28. The van der Waals surface area contributed by atoms with Crippen LogP contribution in [0.3, 0.4) is 0 Å². The summed E-state index contributed by atoms with van der Waals surface area (Å²) in [6.07, 6.45) is 0.457. The van der Waals surface area contributed by atoms with Gasteiger partial charge in [0.05, 0.1) is 6.10 Å². The minimum absolute atomic E-state index is 0.396. The molecule has 1 rings (SSSR count). The molecule has 118 valence electrons. The summed E-state index contributed by atoms with van der Waals surface area (Å²) in [4.78, 5) is -1.90. The lowest BCUT2D eigenvalue weighted by molar-refractivity contribution is 0.100. The van der Waals surface area contributed by atoms with E-state index in [0.717, 1.165) is 12.1 Å². The van der Waals surface area contributed by atoms with Crippen LogP contribution < -0.4 is 0 Å². The minimum atomic E-state index is -9.63. The molecule has 0 aliphatic rings. The molecule has 0 aliphatic heterocycles. The van der Waals surface area contributed by atoms with Crippen molar-refractivity contribution < 1.29 is 24.5 Å². The third kappa shape index (κ3) is 3.63. The molecule has 0 amide bonds. The molecule has 0 bridgehead atoms. The highest BCUT2D eigenvalue weighted by Gasteiger charge is 2.65. The van der Waals surface area contributed by atoms with Crippen LogP contribution in [0.2, 0.25) is 0 Å². The fourth-order valence-electron chi connectivity index (χ4n) is 2.21. The fourth-order valence-corrected chi connectivity index (χ4v) is 2.86. The van der Waals surface area contributed by atoms with Crippen molar-refractivity contribution in [3.05, 3.63) is 29.8 Å². The monoisotopic (exact) mass is 318 g/mol. The van der Waals surface area contributed by atoms with Gasteiger partial charge in [-0.2, -0.15) is 0 Å². The Kier molecular flexibility index (Phi) is 3.74. The standard InChI is InChI=1S/C13H19F5OS/c1-4-9-13(3,10(2)19)11-5-7-12(8-6-11)20(14,15,16,17)18/h5-8,10,19H,4,9H2,1-3H3. The van der Waals surface area contributed by atoms with E-state index >= 15 is 0 Å². The van der Waals surface area contributed by atoms with Crippen LogP contribution in [0.4, 0.5) is 19.4 Å². The average Bonchev–Trinajstić information content (AvgIpc) is 2.26. The quantitative estimate of drug-likeness (QED) is 0.682. The van der Waals surface area contributed by atoms with Crippen molar-refractivity contribution in [1.82, 2.24) is 0 Å². The first-order chi connectivity index (χ1) is 8.70. The highest BCUT2D eigenvalue weighted by Crippen LogP contribution is 3.02. The fraction of sp³-hybridized carbons (Fsp3) is 0.538. The van der Waals surface area contributed by atoms with E-state index in [1.807, 2.05) is 6.92 Å². The molecule has 1 nitrogen and oxygen atoms in total. The van der Waals surface area contributed by atoms with Crippen molar-refractivity contribution in [3.8, 4) is 0 Å². The molecule has 0 radical (unpaired) electrons. The summed E-state index contributed by atoms with van der Waals surface area (Å²) in [6, 6.07) is 2.84. The Hall–Kier alpha value is -0.820. The molecule has 2 unspecified atom stereocenters. The molecule has 0 aliphatic carbocycles. The first-order valence-electron chi connectivity index (χ1n) is 6.23. The molecule has 0 spiro atoms. The number of aliphatic hydroxyl groups is 1. The smallest absolute Gasteiger partial charge is 0.310 e. The van der Waals surface area contributed by atoms with E-state index in [1.165, 1.54) is 6.92 Å². The predicted octanol–water partition coefficient (Wildman–Crippen LogP) is 5.78. The second kappa shape index (κ2) is 4.34. The van der Waals surface area contributed by atoms with Crippen LogP contribution in [0.1, 0.15) is 39.2 Å². The van der Waals surface area contributed by atoms with Gasteiger partial charge in [0.25, 0.3) is 0 Å². The summed E-state index contributed by atoms with van der Waals surface area (Å²) >= 11 is 0. The molecule has 7 heteroatoms.